The van der Waals surface area contributed by atoms with Crippen LogP contribution in [0.3, 0.4) is 0 Å². The minimum atomic E-state index is -0.258. The summed E-state index contributed by atoms with van der Waals surface area (Å²) in [5.41, 5.74) is 2.73. The minimum absolute atomic E-state index is 0.0972. The van der Waals surface area contributed by atoms with E-state index in [2.05, 4.69) is 30.2 Å². The molecule has 1 amide bonds. The molecule has 8 nitrogen and oxygen atoms in total. The highest BCUT2D eigenvalue weighted by Gasteiger charge is 2.26. The van der Waals surface area contributed by atoms with E-state index >= 15 is 0 Å². The number of carbonyl (C=O) groups excluding carboxylic acids is 1. The molecule has 1 aliphatic rings. The SMILES string of the molecule is C/C=C\C(=O)N1CCC[C@H]1CNCCn1cnc2cnc(Nc3ncc(-c4ccc(F)cc4)s3)cc21. The van der Waals surface area contributed by atoms with E-state index < -0.39 is 0 Å². The van der Waals surface area contributed by atoms with Crippen molar-refractivity contribution in [2.45, 2.75) is 32.4 Å². The third-order valence-electron chi connectivity index (χ3n) is 6.26. The lowest BCUT2D eigenvalue weighted by Gasteiger charge is -2.23. The zero-order valence-electron chi connectivity index (χ0n) is 20.0. The molecule has 5 rings (SSSR count). The van der Waals surface area contributed by atoms with Crippen molar-refractivity contribution in [3.8, 4) is 10.4 Å². The number of hydrogen-bond donors (Lipinski definition) is 2. The van der Waals surface area contributed by atoms with Gasteiger partial charge < -0.3 is 20.1 Å². The van der Waals surface area contributed by atoms with Crippen molar-refractivity contribution in [2.24, 2.45) is 0 Å². The lowest BCUT2D eigenvalue weighted by atomic mass is 10.2. The van der Waals surface area contributed by atoms with Crippen molar-refractivity contribution in [3.05, 3.63) is 67.0 Å². The van der Waals surface area contributed by atoms with Gasteiger partial charge in [0.25, 0.3) is 0 Å². The number of nitrogens with zero attached hydrogens (tertiary/aromatic N) is 5. The molecule has 4 heterocycles. The van der Waals surface area contributed by atoms with E-state index in [1.54, 1.807) is 36.7 Å². The summed E-state index contributed by atoms with van der Waals surface area (Å²) in [5, 5.41) is 7.48. The molecule has 10 heteroatoms. The van der Waals surface area contributed by atoms with Crippen LogP contribution in [0.5, 0.6) is 0 Å². The van der Waals surface area contributed by atoms with Crippen LogP contribution in [0, 0.1) is 5.82 Å². The molecule has 4 aromatic rings. The number of allylic oxidation sites excluding steroid dienone is 1. The van der Waals surface area contributed by atoms with Crippen molar-refractivity contribution in [2.75, 3.05) is 25.0 Å². The highest BCUT2D eigenvalue weighted by Crippen LogP contribution is 2.30. The number of rotatable bonds is 9. The lowest BCUT2D eigenvalue weighted by molar-refractivity contribution is -0.126. The Morgan fingerprint density at radius 2 is 2.08 bits per heavy atom. The molecule has 0 saturated carbocycles. The first-order valence-corrected chi connectivity index (χ1v) is 12.9. The topological polar surface area (TPSA) is 88.0 Å². The van der Waals surface area contributed by atoms with Crippen molar-refractivity contribution in [1.82, 2.24) is 29.7 Å². The Bertz CT molecular complexity index is 1360. The van der Waals surface area contributed by atoms with Gasteiger partial charge in [-0.2, -0.15) is 0 Å². The zero-order valence-corrected chi connectivity index (χ0v) is 20.8. The van der Waals surface area contributed by atoms with Crippen molar-refractivity contribution in [1.29, 1.82) is 0 Å². The average molecular weight is 506 g/mol. The molecule has 1 fully saturated rings. The number of imidazole rings is 1. The monoisotopic (exact) mass is 505 g/mol. The Morgan fingerprint density at radius 1 is 1.22 bits per heavy atom. The Hall–Kier alpha value is -3.63. The third kappa shape index (κ3) is 5.44. The highest BCUT2D eigenvalue weighted by atomic mass is 32.1. The number of likely N-dealkylation sites (tertiary alicyclic amines) is 1. The Morgan fingerprint density at radius 3 is 2.92 bits per heavy atom. The molecular formula is C26H28FN7OS. The summed E-state index contributed by atoms with van der Waals surface area (Å²) in [4.78, 5) is 28.5. The molecule has 1 aromatic carbocycles. The average Bonchev–Trinajstić information content (AvgIpc) is 3.63. The molecule has 0 bridgehead atoms. The minimum Gasteiger partial charge on any atom is -0.335 e. The predicted molar refractivity (Wildman–Crippen MR) is 141 cm³/mol. The van der Waals surface area contributed by atoms with Crippen molar-refractivity contribution >= 4 is 39.2 Å². The molecule has 1 saturated heterocycles. The molecule has 1 aliphatic heterocycles. The van der Waals surface area contributed by atoms with E-state index in [0.717, 1.165) is 60.5 Å². The third-order valence-corrected chi connectivity index (χ3v) is 7.22. The number of benzene rings is 1. The second kappa shape index (κ2) is 11.0. The van der Waals surface area contributed by atoms with Gasteiger partial charge in [0, 0.05) is 44.5 Å². The number of fused-ring (bicyclic) bond motifs is 1. The van der Waals surface area contributed by atoms with E-state index in [1.165, 1.54) is 23.5 Å². The van der Waals surface area contributed by atoms with Crippen LogP contribution < -0.4 is 10.6 Å². The Labute approximate surface area is 212 Å². The van der Waals surface area contributed by atoms with Crippen LogP contribution in [-0.4, -0.2) is 56.0 Å². The summed E-state index contributed by atoms with van der Waals surface area (Å²) in [6.45, 7) is 5.00. The van der Waals surface area contributed by atoms with Gasteiger partial charge in [-0.05, 0) is 43.5 Å². The summed E-state index contributed by atoms with van der Waals surface area (Å²) in [6.07, 6.45) is 10.9. The van der Waals surface area contributed by atoms with Crippen LogP contribution in [0.15, 0.2) is 61.2 Å². The molecule has 2 N–H and O–H groups in total. The Balaban J connectivity index is 1.19. The van der Waals surface area contributed by atoms with Gasteiger partial charge in [-0.15, -0.1) is 0 Å². The molecule has 3 aromatic heterocycles. The standard InChI is InChI=1S/C26H28FN7OS/c1-2-4-25(35)34-11-3-5-20(34)14-28-10-12-33-17-31-21-15-29-24(13-22(21)33)32-26-30-16-23(36-26)18-6-8-19(27)9-7-18/h2,4,6-9,13,15-17,20,28H,3,5,10-12,14H2,1H3,(H,29,30,32)/b4-2-/t20-/m0/s1. The maximum absolute atomic E-state index is 13.2. The number of aromatic nitrogens is 4. The molecule has 0 spiro atoms. The summed E-state index contributed by atoms with van der Waals surface area (Å²) in [5.74, 6) is 0.521. The Kier molecular flexibility index (Phi) is 7.33. The predicted octanol–water partition coefficient (Wildman–Crippen LogP) is 4.59. The van der Waals surface area contributed by atoms with Gasteiger partial charge in [0.2, 0.25) is 5.91 Å². The number of halogens is 1. The largest absolute Gasteiger partial charge is 0.335 e. The molecule has 1 atom stereocenters. The number of thiazole rings is 1. The van der Waals surface area contributed by atoms with Gasteiger partial charge in [-0.1, -0.05) is 29.5 Å². The molecule has 0 unspecified atom stereocenters. The first-order chi connectivity index (χ1) is 17.6. The van der Waals surface area contributed by atoms with Crippen LogP contribution in [-0.2, 0) is 11.3 Å². The van der Waals surface area contributed by atoms with Crippen LogP contribution in [0.2, 0.25) is 0 Å². The first-order valence-electron chi connectivity index (χ1n) is 12.0. The van der Waals surface area contributed by atoms with Crippen LogP contribution in [0.25, 0.3) is 21.5 Å². The summed E-state index contributed by atoms with van der Waals surface area (Å²) in [6, 6.07) is 8.59. The van der Waals surface area contributed by atoms with Gasteiger partial charge in [0.1, 0.15) is 17.2 Å². The first kappa shape index (κ1) is 24.1. The van der Waals surface area contributed by atoms with Crippen molar-refractivity contribution < 1.29 is 9.18 Å². The summed E-state index contributed by atoms with van der Waals surface area (Å²) < 4.78 is 15.3. The number of nitrogens with one attached hydrogen (secondary N) is 2. The van der Waals surface area contributed by atoms with E-state index in [0.29, 0.717) is 10.9 Å². The highest BCUT2D eigenvalue weighted by molar-refractivity contribution is 7.18. The summed E-state index contributed by atoms with van der Waals surface area (Å²) >= 11 is 1.48. The van der Waals surface area contributed by atoms with Gasteiger partial charge in [0.15, 0.2) is 5.13 Å². The van der Waals surface area contributed by atoms with Gasteiger partial charge in [-0.25, -0.2) is 19.3 Å². The smallest absolute Gasteiger partial charge is 0.246 e. The van der Waals surface area contributed by atoms with E-state index in [-0.39, 0.29) is 17.8 Å². The van der Waals surface area contributed by atoms with Crippen LogP contribution >= 0.6 is 11.3 Å². The number of carbonyl (C=O) groups is 1. The van der Waals surface area contributed by atoms with E-state index in [9.17, 15) is 9.18 Å². The second-order valence-corrected chi connectivity index (χ2v) is 9.72. The molecule has 186 valence electrons. The molecule has 0 aliphatic carbocycles. The molecule has 36 heavy (non-hydrogen) atoms. The van der Waals surface area contributed by atoms with Gasteiger partial charge >= 0.3 is 0 Å². The van der Waals surface area contributed by atoms with Gasteiger partial charge in [0.05, 0.1) is 22.9 Å². The quantitative estimate of drug-likeness (QED) is 0.256. The second-order valence-electron chi connectivity index (χ2n) is 8.69. The van der Waals surface area contributed by atoms with E-state index in [1.807, 2.05) is 24.2 Å². The fourth-order valence-corrected chi connectivity index (χ4v) is 5.27. The normalized spacial score (nSPS) is 15.8. The maximum atomic E-state index is 13.2. The molecular weight excluding hydrogens is 477 g/mol. The lowest BCUT2D eigenvalue weighted by Crippen LogP contribution is -2.41. The maximum Gasteiger partial charge on any atom is 0.246 e. The number of hydrogen-bond acceptors (Lipinski definition) is 7. The van der Waals surface area contributed by atoms with Gasteiger partial charge in [-0.3, -0.25) is 4.79 Å². The fraction of sp³-hybridized carbons (Fsp3) is 0.308. The van der Waals surface area contributed by atoms with Crippen LogP contribution in [0.1, 0.15) is 19.8 Å². The van der Waals surface area contributed by atoms with E-state index in [4.69, 9.17) is 0 Å². The number of anilines is 2. The fourth-order valence-electron chi connectivity index (χ4n) is 4.44. The van der Waals surface area contributed by atoms with Crippen LogP contribution in [0.4, 0.5) is 15.3 Å². The van der Waals surface area contributed by atoms with Crippen molar-refractivity contribution in [3.63, 3.8) is 0 Å². The summed E-state index contributed by atoms with van der Waals surface area (Å²) in [7, 11) is 0. The number of pyridine rings is 1. The molecule has 0 radical (unpaired) electrons. The number of amides is 1. The zero-order chi connectivity index (χ0) is 24.9.